The average molecular weight is 495 g/mol. The van der Waals surface area contributed by atoms with E-state index < -0.39 is 26.7 Å². The topological polar surface area (TPSA) is 77.2 Å². The van der Waals surface area contributed by atoms with Crippen molar-refractivity contribution < 1.29 is 21.6 Å². The predicted octanol–water partition coefficient (Wildman–Crippen LogP) is 3.70. The summed E-state index contributed by atoms with van der Waals surface area (Å²) in [6.07, 6.45) is -4.06. The molecule has 0 amide bonds. The minimum atomic E-state index is -4.77. The van der Waals surface area contributed by atoms with Crippen molar-refractivity contribution in [1.29, 1.82) is 0 Å². The molecule has 0 aliphatic carbocycles. The summed E-state index contributed by atoms with van der Waals surface area (Å²) < 4.78 is 70.3. The van der Waals surface area contributed by atoms with E-state index in [1.165, 1.54) is 16.8 Å². The lowest BCUT2D eigenvalue weighted by molar-refractivity contribution is -0.139. The van der Waals surface area contributed by atoms with E-state index in [9.17, 15) is 26.4 Å². The number of hydrogen-bond acceptors (Lipinski definition) is 4. The third kappa shape index (κ3) is 4.67. The molecule has 0 saturated carbocycles. The van der Waals surface area contributed by atoms with Gasteiger partial charge in [-0.1, -0.05) is 42.5 Å². The number of piperidine rings is 1. The van der Waals surface area contributed by atoms with Gasteiger partial charge in [-0.3, -0.25) is 4.57 Å². The Bertz CT molecular complexity index is 1310. The summed E-state index contributed by atoms with van der Waals surface area (Å²) in [6.45, 7) is 2.67. The molecule has 1 aliphatic rings. The van der Waals surface area contributed by atoms with Crippen molar-refractivity contribution in [3.63, 3.8) is 0 Å². The normalized spacial score (nSPS) is 16.1. The van der Waals surface area contributed by atoms with Gasteiger partial charge in [-0.05, 0) is 37.5 Å². The van der Waals surface area contributed by atoms with Gasteiger partial charge in [0.25, 0.3) is 0 Å². The van der Waals surface area contributed by atoms with Crippen molar-refractivity contribution in [3.8, 4) is 0 Å². The minimum Gasteiger partial charge on any atom is -0.279 e. The molecule has 0 radical (unpaired) electrons. The molecule has 1 aromatic heterocycles. The first-order chi connectivity index (χ1) is 16.1. The molecule has 1 saturated heterocycles. The van der Waals surface area contributed by atoms with Crippen molar-refractivity contribution in [3.05, 3.63) is 82.0 Å². The molecule has 182 valence electrons. The van der Waals surface area contributed by atoms with Crippen LogP contribution in [0.3, 0.4) is 0 Å². The minimum absolute atomic E-state index is 0.0443. The Morgan fingerprint density at radius 2 is 1.62 bits per heavy atom. The van der Waals surface area contributed by atoms with Gasteiger partial charge < -0.3 is 0 Å². The van der Waals surface area contributed by atoms with Crippen LogP contribution < -0.4 is 5.69 Å². The average Bonchev–Trinajstić information content (AvgIpc) is 3.14. The van der Waals surface area contributed by atoms with Gasteiger partial charge >= 0.3 is 11.9 Å². The molecule has 1 aliphatic heterocycles. The van der Waals surface area contributed by atoms with Crippen LogP contribution in [-0.4, -0.2) is 40.2 Å². The molecule has 3 aromatic rings. The fourth-order valence-electron chi connectivity index (χ4n) is 4.34. The van der Waals surface area contributed by atoms with E-state index in [-0.39, 0.29) is 24.7 Å². The Kier molecular flexibility index (Phi) is 6.68. The van der Waals surface area contributed by atoms with Gasteiger partial charge in [0.05, 0.1) is 17.0 Å². The number of aromatic nitrogens is 3. The fraction of sp³-hybridized carbons (Fsp3) is 0.391. The predicted molar refractivity (Wildman–Crippen MR) is 120 cm³/mol. The summed E-state index contributed by atoms with van der Waals surface area (Å²) in [7, 11) is -4.32. The Morgan fingerprint density at radius 1 is 1.00 bits per heavy atom. The molecule has 0 atom stereocenters. The number of halogens is 3. The number of nitrogens with zero attached hydrogens (tertiary/aromatic N) is 4. The standard InChI is InChI=1S/C23H25F3N4O3S/c1-2-29-21(27-30(22(29)31)16-17-8-4-3-5-9-17)18-12-14-28(15-13-18)34(32,33)20-11-7-6-10-19(20)23(24,25)26/h3-11,18H,2,12-16H2,1H3. The quantitative estimate of drug-likeness (QED) is 0.524. The third-order valence-electron chi connectivity index (χ3n) is 6.07. The zero-order valence-corrected chi connectivity index (χ0v) is 19.4. The molecule has 4 rings (SSSR count). The van der Waals surface area contributed by atoms with Crippen molar-refractivity contribution in [2.75, 3.05) is 13.1 Å². The maximum atomic E-state index is 13.4. The molecule has 0 spiro atoms. The van der Waals surface area contributed by atoms with Crippen LogP contribution in [0.15, 0.2) is 64.3 Å². The van der Waals surface area contributed by atoms with Crippen LogP contribution in [0, 0.1) is 0 Å². The number of alkyl halides is 3. The van der Waals surface area contributed by atoms with Gasteiger partial charge in [0, 0.05) is 25.6 Å². The highest BCUT2D eigenvalue weighted by atomic mass is 32.2. The highest BCUT2D eigenvalue weighted by Gasteiger charge is 2.40. The van der Waals surface area contributed by atoms with Crippen LogP contribution in [0.2, 0.25) is 0 Å². The van der Waals surface area contributed by atoms with Crippen molar-refractivity contribution >= 4 is 10.0 Å². The monoisotopic (exact) mass is 494 g/mol. The number of sulfonamides is 1. The summed E-state index contributed by atoms with van der Waals surface area (Å²) in [5, 5.41) is 4.54. The first-order valence-corrected chi connectivity index (χ1v) is 12.4. The summed E-state index contributed by atoms with van der Waals surface area (Å²) in [6, 6.07) is 13.7. The second kappa shape index (κ2) is 9.38. The van der Waals surface area contributed by atoms with Gasteiger partial charge in [-0.25, -0.2) is 17.9 Å². The van der Waals surface area contributed by atoms with Gasteiger partial charge in [0.1, 0.15) is 5.82 Å². The van der Waals surface area contributed by atoms with E-state index in [2.05, 4.69) is 5.10 Å². The second-order valence-corrected chi connectivity index (χ2v) is 10.1. The lowest BCUT2D eigenvalue weighted by Gasteiger charge is -2.31. The molecule has 34 heavy (non-hydrogen) atoms. The molecule has 2 heterocycles. The van der Waals surface area contributed by atoms with E-state index in [0.717, 1.165) is 22.0 Å². The van der Waals surface area contributed by atoms with Crippen LogP contribution in [0.1, 0.15) is 42.6 Å². The van der Waals surface area contributed by atoms with Gasteiger partial charge in [-0.2, -0.15) is 22.6 Å². The number of rotatable bonds is 6. The lowest BCUT2D eigenvalue weighted by Crippen LogP contribution is -2.39. The Hall–Kier alpha value is -2.92. The first-order valence-electron chi connectivity index (χ1n) is 11.0. The van der Waals surface area contributed by atoms with Gasteiger partial charge in [0.2, 0.25) is 10.0 Å². The zero-order chi connectivity index (χ0) is 24.5. The maximum absolute atomic E-state index is 13.4. The van der Waals surface area contributed by atoms with Crippen LogP contribution in [0.5, 0.6) is 0 Å². The van der Waals surface area contributed by atoms with E-state index in [0.29, 0.717) is 31.8 Å². The smallest absolute Gasteiger partial charge is 0.279 e. The summed E-state index contributed by atoms with van der Waals surface area (Å²) in [5.74, 6) is 0.408. The Balaban J connectivity index is 1.55. The van der Waals surface area contributed by atoms with E-state index in [1.54, 1.807) is 4.57 Å². The molecule has 7 nitrogen and oxygen atoms in total. The fourth-order valence-corrected chi connectivity index (χ4v) is 6.02. The molecule has 2 aromatic carbocycles. The highest BCUT2D eigenvalue weighted by Crippen LogP contribution is 2.36. The van der Waals surface area contributed by atoms with Crippen LogP contribution in [0.25, 0.3) is 0 Å². The van der Waals surface area contributed by atoms with E-state index in [4.69, 9.17) is 0 Å². The van der Waals surface area contributed by atoms with Gasteiger partial charge in [-0.15, -0.1) is 0 Å². The molecule has 0 N–H and O–H groups in total. The SMILES string of the molecule is CCn1c(C2CCN(S(=O)(=O)c3ccccc3C(F)(F)F)CC2)nn(Cc2ccccc2)c1=O. The van der Waals surface area contributed by atoms with Crippen molar-refractivity contribution in [2.45, 2.75) is 49.8 Å². The Morgan fingerprint density at radius 3 is 2.24 bits per heavy atom. The highest BCUT2D eigenvalue weighted by molar-refractivity contribution is 7.89. The molecule has 0 bridgehead atoms. The molecule has 1 fully saturated rings. The summed E-state index contributed by atoms with van der Waals surface area (Å²) >= 11 is 0. The first kappa shape index (κ1) is 24.2. The molecule has 11 heteroatoms. The molecular formula is C23H25F3N4O3S. The Labute approximate surface area is 195 Å². The number of hydrogen-bond donors (Lipinski definition) is 0. The summed E-state index contributed by atoms with van der Waals surface area (Å²) in [4.78, 5) is 12.1. The van der Waals surface area contributed by atoms with Crippen LogP contribution in [0.4, 0.5) is 13.2 Å². The lowest BCUT2D eigenvalue weighted by atomic mass is 9.97. The molecular weight excluding hydrogens is 469 g/mol. The summed E-state index contributed by atoms with van der Waals surface area (Å²) in [5.41, 5.74) is -0.478. The van der Waals surface area contributed by atoms with Crippen LogP contribution in [-0.2, 0) is 29.3 Å². The van der Waals surface area contributed by atoms with Gasteiger partial charge in [0.15, 0.2) is 0 Å². The third-order valence-corrected chi connectivity index (χ3v) is 8.03. The van der Waals surface area contributed by atoms with Crippen molar-refractivity contribution in [2.24, 2.45) is 0 Å². The molecule has 0 unspecified atom stereocenters. The van der Waals surface area contributed by atoms with Crippen LogP contribution >= 0.6 is 0 Å². The van der Waals surface area contributed by atoms with Crippen molar-refractivity contribution in [1.82, 2.24) is 18.7 Å². The zero-order valence-electron chi connectivity index (χ0n) is 18.6. The van der Waals surface area contributed by atoms with E-state index in [1.807, 2.05) is 37.3 Å². The van der Waals surface area contributed by atoms with E-state index >= 15 is 0 Å². The maximum Gasteiger partial charge on any atom is 0.417 e. The second-order valence-electron chi connectivity index (χ2n) is 8.20. The largest absolute Gasteiger partial charge is 0.417 e. The number of benzene rings is 2.